The van der Waals surface area contributed by atoms with Crippen LogP contribution in [-0.4, -0.2) is 47.3 Å². The summed E-state index contributed by atoms with van der Waals surface area (Å²) in [5.41, 5.74) is -0.811. The van der Waals surface area contributed by atoms with E-state index < -0.39 is 37.8 Å². The van der Waals surface area contributed by atoms with Crippen molar-refractivity contribution in [2.75, 3.05) is 6.61 Å². The minimum atomic E-state index is -2.04. The fraction of sp³-hybridized carbons (Fsp3) is 0.684. The molecule has 27 heavy (non-hydrogen) atoms. The average Bonchev–Trinajstić information content (AvgIpc) is 2.91. The first-order valence-corrected chi connectivity index (χ1v) is 12.4. The number of hydrogen-bond donors (Lipinski definition) is 2. The topological polar surface area (TPSA) is 93.5 Å². The lowest BCUT2D eigenvalue weighted by Crippen LogP contribution is -2.58. The zero-order valence-electron chi connectivity index (χ0n) is 17.1. The third kappa shape index (κ3) is 4.34. The molecule has 2 heterocycles. The second kappa shape index (κ2) is 7.87. The van der Waals surface area contributed by atoms with E-state index >= 15 is 0 Å². The Bertz CT molecular complexity index is 793. The van der Waals surface area contributed by atoms with Gasteiger partial charge >= 0.3 is 5.69 Å². The molecule has 1 aromatic heterocycles. The molecule has 0 saturated carbocycles. The fourth-order valence-corrected chi connectivity index (χ4v) is 5.72. The largest absolute Gasteiger partial charge is 0.390 e. The normalized spacial score (nSPS) is 24.8. The predicted octanol–water partition coefficient (Wildman–Crippen LogP) is 2.11. The number of aliphatic hydroxyl groups is 1. The smallest absolute Gasteiger partial charge is 0.330 e. The van der Waals surface area contributed by atoms with Gasteiger partial charge in [0.1, 0.15) is 12.3 Å². The van der Waals surface area contributed by atoms with Gasteiger partial charge in [-0.25, -0.2) is 4.79 Å². The van der Waals surface area contributed by atoms with E-state index in [1.54, 1.807) is 13.0 Å². The molecule has 4 atom stereocenters. The number of ether oxygens (including phenoxy) is 2. The lowest BCUT2D eigenvalue weighted by molar-refractivity contribution is -0.0794. The van der Waals surface area contributed by atoms with Crippen LogP contribution >= 0.6 is 0 Å². The van der Waals surface area contributed by atoms with E-state index in [4.69, 9.17) is 9.47 Å². The number of aromatic amines is 1. The minimum Gasteiger partial charge on any atom is -0.390 e. The molecule has 0 amide bonds. The second-order valence-corrected chi connectivity index (χ2v) is 14.4. The average molecular weight is 397 g/mol. The molecule has 1 fully saturated rings. The Morgan fingerprint density at radius 3 is 2.67 bits per heavy atom. The van der Waals surface area contributed by atoms with Crippen LogP contribution in [0.5, 0.6) is 0 Å². The zero-order valence-corrected chi connectivity index (χ0v) is 18.1. The van der Waals surface area contributed by atoms with Gasteiger partial charge < -0.3 is 14.6 Å². The minimum absolute atomic E-state index is 0.0193. The molecule has 1 saturated heterocycles. The van der Waals surface area contributed by atoms with Gasteiger partial charge in [-0.1, -0.05) is 39.9 Å². The molecule has 1 aliphatic rings. The highest BCUT2D eigenvalue weighted by atomic mass is 28.3. The lowest BCUT2D eigenvalue weighted by Gasteiger charge is -2.45. The van der Waals surface area contributed by atoms with Crippen LogP contribution in [0.25, 0.3) is 0 Å². The quantitative estimate of drug-likeness (QED) is 0.567. The van der Waals surface area contributed by atoms with E-state index in [0.29, 0.717) is 12.2 Å². The van der Waals surface area contributed by atoms with E-state index in [2.05, 4.69) is 45.4 Å². The summed E-state index contributed by atoms with van der Waals surface area (Å²) >= 11 is 0. The Morgan fingerprint density at radius 2 is 2.11 bits per heavy atom. The second-order valence-electron chi connectivity index (χ2n) is 8.85. The number of nitrogens with one attached hydrogen (secondary N) is 1. The van der Waals surface area contributed by atoms with Crippen LogP contribution < -0.4 is 11.2 Å². The first-order valence-electron chi connectivity index (χ1n) is 9.28. The van der Waals surface area contributed by atoms with Crippen LogP contribution in [0, 0.1) is 6.92 Å². The van der Waals surface area contributed by atoms with E-state index in [1.807, 2.05) is 0 Å². The van der Waals surface area contributed by atoms with Crippen LogP contribution in [0.1, 0.15) is 39.0 Å². The van der Waals surface area contributed by atoms with Gasteiger partial charge in [-0.2, -0.15) is 0 Å². The third-order valence-electron chi connectivity index (χ3n) is 5.93. The molecule has 8 heteroatoms. The van der Waals surface area contributed by atoms with Gasteiger partial charge in [0, 0.05) is 18.2 Å². The van der Waals surface area contributed by atoms with Crippen molar-refractivity contribution < 1.29 is 14.6 Å². The Balaban J connectivity index is 2.36. The molecule has 2 rings (SSSR count). The van der Waals surface area contributed by atoms with E-state index in [1.165, 1.54) is 10.8 Å². The van der Waals surface area contributed by atoms with Crippen LogP contribution in [0.2, 0.25) is 18.1 Å². The standard InChI is InChI=1S/C19H32N2O5Si/c1-8-9-25-17(27(6,7)19(3,4)5)15-13(22)10-14(26-15)21-11-12(2)16(23)20-18(21)24/h8,11,13-15,17,22H,1,9-10H2,2-7H3,(H,20,23,24)/t13-,14+,15-,17?/m0/s1. The molecule has 0 bridgehead atoms. The molecule has 1 unspecified atom stereocenters. The predicted molar refractivity (Wildman–Crippen MR) is 108 cm³/mol. The molecule has 0 spiro atoms. The molecular weight excluding hydrogens is 364 g/mol. The van der Waals surface area contributed by atoms with Crippen LogP contribution in [0.4, 0.5) is 0 Å². The summed E-state index contributed by atoms with van der Waals surface area (Å²) in [4.78, 5) is 26.1. The number of aromatic nitrogens is 2. The highest BCUT2D eigenvalue weighted by molar-refractivity contribution is 6.81. The van der Waals surface area contributed by atoms with Crippen molar-refractivity contribution >= 4 is 8.07 Å². The summed E-state index contributed by atoms with van der Waals surface area (Å²) in [6, 6.07) is 0. The molecule has 0 radical (unpaired) electrons. The van der Waals surface area contributed by atoms with Crippen LogP contribution in [-0.2, 0) is 9.47 Å². The van der Waals surface area contributed by atoms with Gasteiger partial charge in [0.15, 0.2) is 0 Å². The van der Waals surface area contributed by atoms with Gasteiger partial charge in [0.2, 0.25) is 0 Å². The maximum absolute atomic E-state index is 12.2. The van der Waals surface area contributed by atoms with Gasteiger partial charge in [-0.3, -0.25) is 14.3 Å². The van der Waals surface area contributed by atoms with Gasteiger partial charge in [-0.05, 0) is 12.0 Å². The van der Waals surface area contributed by atoms with E-state index in [0.717, 1.165) is 0 Å². The van der Waals surface area contributed by atoms with Crippen molar-refractivity contribution in [1.82, 2.24) is 9.55 Å². The van der Waals surface area contributed by atoms with E-state index in [9.17, 15) is 14.7 Å². The van der Waals surface area contributed by atoms with Gasteiger partial charge in [0.05, 0.1) is 26.5 Å². The maximum atomic E-state index is 12.2. The number of H-pyrrole nitrogens is 1. The summed E-state index contributed by atoms with van der Waals surface area (Å²) in [6.07, 6.45) is 1.47. The van der Waals surface area contributed by atoms with Gasteiger partial charge in [0.25, 0.3) is 5.56 Å². The molecule has 0 aliphatic carbocycles. The first-order chi connectivity index (χ1) is 12.4. The Kier molecular flexibility index (Phi) is 6.36. The number of aliphatic hydroxyl groups excluding tert-OH is 1. The summed E-state index contributed by atoms with van der Waals surface area (Å²) in [5.74, 6) is 0. The molecule has 0 aromatic carbocycles. The van der Waals surface area contributed by atoms with Crippen LogP contribution in [0.3, 0.4) is 0 Å². The monoisotopic (exact) mass is 396 g/mol. The number of nitrogens with zero attached hydrogens (tertiary/aromatic N) is 1. The molecule has 2 N–H and O–H groups in total. The molecule has 152 valence electrons. The Hall–Kier alpha value is -1.48. The Morgan fingerprint density at radius 1 is 1.48 bits per heavy atom. The first kappa shape index (κ1) is 21.8. The summed E-state index contributed by atoms with van der Waals surface area (Å²) in [5, 5.41) is 10.8. The molecular formula is C19H32N2O5Si. The van der Waals surface area contributed by atoms with Crippen molar-refractivity contribution in [2.24, 2.45) is 0 Å². The van der Waals surface area contributed by atoms with Crippen LogP contribution in [0.15, 0.2) is 28.4 Å². The SMILES string of the molecule is C=CCOC([C@H]1O[C@@H](n2cc(C)c(=O)[nH]c2=O)C[C@@H]1O)[Si](C)(C)C(C)(C)C. The van der Waals surface area contributed by atoms with Crippen molar-refractivity contribution in [1.29, 1.82) is 0 Å². The van der Waals surface area contributed by atoms with Crippen molar-refractivity contribution in [3.63, 3.8) is 0 Å². The number of aryl methyl sites for hydroxylation is 1. The maximum Gasteiger partial charge on any atom is 0.330 e. The molecule has 7 nitrogen and oxygen atoms in total. The van der Waals surface area contributed by atoms with Crippen molar-refractivity contribution in [3.8, 4) is 0 Å². The number of rotatable bonds is 6. The lowest BCUT2D eigenvalue weighted by atomic mass is 10.2. The van der Waals surface area contributed by atoms with Gasteiger partial charge in [-0.15, -0.1) is 6.58 Å². The highest BCUT2D eigenvalue weighted by Gasteiger charge is 2.52. The Labute approximate surface area is 161 Å². The van der Waals surface area contributed by atoms with Crippen molar-refractivity contribution in [2.45, 2.75) is 76.4 Å². The number of hydrogen-bond acceptors (Lipinski definition) is 5. The highest BCUT2D eigenvalue weighted by Crippen LogP contribution is 2.43. The summed E-state index contributed by atoms with van der Waals surface area (Å²) < 4.78 is 13.6. The molecule has 1 aromatic rings. The third-order valence-corrected chi connectivity index (χ3v) is 11.7. The fourth-order valence-electron chi connectivity index (χ4n) is 3.23. The summed E-state index contributed by atoms with van der Waals surface area (Å²) in [7, 11) is -2.04. The summed E-state index contributed by atoms with van der Waals surface area (Å²) in [6.45, 7) is 16.7. The zero-order chi connectivity index (χ0) is 20.6. The van der Waals surface area contributed by atoms with E-state index in [-0.39, 0.29) is 17.2 Å². The molecule has 1 aliphatic heterocycles. The van der Waals surface area contributed by atoms with Crippen molar-refractivity contribution in [3.05, 3.63) is 45.3 Å².